The zero-order chi connectivity index (χ0) is 75.3. The Hall–Kier alpha value is -4.07. The van der Waals surface area contributed by atoms with Crippen molar-refractivity contribution in [3.8, 4) is 0 Å². The molecule has 104 heavy (non-hydrogen) atoms. The number of allylic oxidation sites excluding steroid dienone is 21. The predicted molar refractivity (Wildman–Crippen MR) is 415 cm³/mol. The van der Waals surface area contributed by atoms with Crippen molar-refractivity contribution in [2.24, 2.45) is 0 Å². The van der Waals surface area contributed by atoms with Crippen LogP contribution >= 0.6 is 0 Å². The Kier molecular flexibility index (Phi) is 57.8. The summed E-state index contributed by atoms with van der Waals surface area (Å²) in [5.41, 5.74) is 0. The van der Waals surface area contributed by atoms with Crippen molar-refractivity contribution in [3.05, 3.63) is 134 Å². The summed E-state index contributed by atoms with van der Waals surface area (Å²) in [6.07, 6.45) is 64.3. The molecule has 19 heteroatoms. The summed E-state index contributed by atoms with van der Waals surface area (Å²) in [6, 6.07) is -1.02. The van der Waals surface area contributed by atoms with E-state index in [1.807, 2.05) is 6.08 Å². The number of carbonyl (C=O) groups excluding carboxylic acids is 1. The largest absolute Gasteiger partial charge is 0.394 e. The molecule has 596 valence electrons. The van der Waals surface area contributed by atoms with Crippen LogP contribution in [0.25, 0.3) is 0 Å². The van der Waals surface area contributed by atoms with E-state index in [1.54, 1.807) is 6.08 Å². The summed E-state index contributed by atoms with van der Waals surface area (Å²) in [5.74, 6) is -0.308. The van der Waals surface area contributed by atoms with E-state index in [-0.39, 0.29) is 18.9 Å². The van der Waals surface area contributed by atoms with E-state index in [2.05, 4.69) is 141 Å². The molecule has 17 atom stereocenters. The molecule has 12 N–H and O–H groups in total. The fraction of sp³-hybridized carbons (Fsp3) is 0.729. The Morgan fingerprint density at radius 3 is 1.08 bits per heavy atom. The van der Waals surface area contributed by atoms with Crippen molar-refractivity contribution in [1.29, 1.82) is 0 Å². The number of unbranched alkanes of at least 4 members (excludes halogenated alkanes) is 26. The number of nitrogens with one attached hydrogen (secondary N) is 1. The first-order valence-corrected chi connectivity index (χ1v) is 40.4. The van der Waals surface area contributed by atoms with Gasteiger partial charge in [-0.15, -0.1) is 0 Å². The second-order valence-corrected chi connectivity index (χ2v) is 28.1. The summed E-state index contributed by atoms with van der Waals surface area (Å²) in [7, 11) is 0. The maximum Gasteiger partial charge on any atom is 0.220 e. The van der Waals surface area contributed by atoms with Crippen LogP contribution in [0.3, 0.4) is 0 Å². The van der Waals surface area contributed by atoms with E-state index in [0.717, 1.165) is 116 Å². The molecule has 17 unspecified atom stereocenters. The standard InChI is InChI=1S/C85H143NO18/c1-3-5-7-9-11-13-15-17-19-21-23-25-27-29-31-33-34-35-37-39-41-43-45-47-49-51-53-55-57-59-61-63-73(91)86-68(69(90)62-60-58-56-54-52-50-48-46-44-42-40-38-36-32-30-28-26-24-22-20-18-16-14-12-10-8-6-4-2)67-99-83-79(97)76(94)81(71(65-88)101-83)104-85-80(98)77(95)82(72(66-89)102-85)103-84-78(96)75(93)74(92)70(64-87)100-84/h5,7,11,13,17,19,23,25,29,31,34-35,39,41,44-47,52,54,60,62,68-72,74-85,87-90,92-98H,3-4,6,8-10,12,14-16,18,20-22,24,26-28,30,32-33,36-38,40,42-43,48-51,53,55-59,61,63-67H2,1-2H3,(H,86,91)/b7-5-,13-11-,19-17-,25-23-,31-29-,35-34-,41-39-,46-44+,47-45-,54-52+,62-60+. The van der Waals surface area contributed by atoms with Gasteiger partial charge in [0, 0.05) is 6.42 Å². The minimum atomic E-state index is -1.99. The third-order valence-electron chi connectivity index (χ3n) is 19.2. The zero-order valence-corrected chi connectivity index (χ0v) is 63.7. The zero-order valence-electron chi connectivity index (χ0n) is 63.7. The maximum absolute atomic E-state index is 13.5. The minimum Gasteiger partial charge on any atom is -0.394 e. The number of aliphatic hydroxyl groups excluding tert-OH is 11. The number of hydrogen-bond acceptors (Lipinski definition) is 18. The van der Waals surface area contributed by atoms with Crippen LogP contribution in [0, 0.1) is 0 Å². The second-order valence-electron chi connectivity index (χ2n) is 28.1. The molecule has 0 aliphatic carbocycles. The predicted octanol–water partition coefficient (Wildman–Crippen LogP) is 13.7. The highest BCUT2D eigenvalue weighted by molar-refractivity contribution is 5.76. The summed E-state index contributed by atoms with van der Waals surface area (Å²) < 4.78 is 34.4. The third-order valence-corrected chi connectivity index (χ3v) is 19.2. The molecule has 1 amide bonds. The fourth-order valence-corrected chi connectivity index (χ4v) is 12.7. The smallest absolute Gasteiger partial charge is 0.220 e. The lowest BCUT2D eigenvalue weighted by Gasteiger charge is -2.48. The molecule has 3 saturated heterocycles. The SMILES string of the molecule is CC/C=C\C/C=C\C/C=C\C/C=C\C/C=C\C/C=C\C/C=C\C/C=C\CCCCCCCCC(=O)NC(COC1OC(CO)C(OC2OC(CO)C(OC3OC(CO)C(O)C(O)C3O)C(O)C2O)C(O)C1O)C(O)/C=C/CC/C=C/CC/C=C/CCCCCCCCCCCCCCCCCCCC. The number of amides is 1. The minimum absolute atomic E-state index is 0.206. The molecule has 0 bridgehead atoms. The Bertz CT molecular complexity index is 2400. The normalized spacial score (nSPS) is 26.6. The summed E-state index contributed by atoms with van der Waals surface area (Å²) in [4.78, 5) is 13.5. The summed E-state index contributed by atoms with van der Waals surface area (Å²) in [5, 5.41) is 121. The van der Waals surface area contributed by atoms with Crippen LogP contribution in [0.5, 0.6) is 0 Å². The average molecular weight is 1470 g/mol. The van der Waals surface area contributed by atoms with Crippen LogP contribution in [0.2, 0.25) is 0 Å². The van der Waals surface area contributed by atoms with E-state index in [4.69, 9.17) is 28.4 Å². The van der Waals surface area contributed by atoms with Crippen molar-refractivity contribution in [2.75, 3.05) is 26.4 Å². The van der Waals surface area contributed by atoms with Gasteiger partial charge in [-0.25, -0.2) is 0 Å². The van der Waals surface area contributed by atoms with Gasteiger partial charge in [-0.2, -0.15) is 0 Å². The van der Waals surface area contributed by atoms with Crippen LogP contribution in [-0.2, 0) is 33.2 Å². The highest BCUT2D eigenvalue weighted by Gasteiger charge is 2.54. The molecule has 0 spiro atoms. The van der Waals surface area contributed by atoms with Crippen LogP contribution < -0.4 is 5.32 Å². The molecule has 3 fully saturated rings. The van der Waals surface area contributed by atoms with E-state index in [1.165, 1.54) is 116 Å². The van der Waals surface area contributed by atoms with Gasteiger partial charge >= 0.3 is 0 Å². The van der Waals surface area contributed by atoms with Crippen molar-refractivity contribution in [2.45, 2.75) is 369 Å². The van der Waals surface area contributed by atoms with Gasteiger partial charge in [0.25, 0.3) is 0 Å². The van der Waals surface area contributed by atoms with Crippen molar-refractivity contribution in [1.82, 2.24) is 5.32 Å². The Labute approximate surface area is 626 Å². The third kappa shape index (κ3) is 43.2. The average Bonchev–Trinajstić information content (AvgIpc) is 0.783. The van der Waals surface area contributed by atoms with Crippen molar-refractivity contribution < 1.29 is 89.4 Å². The number of hydrogen-bond donors (Lipinski definition) is 12. The van der Waals surface area contributed by atoms with Gasteiger partial charge in [-0.3, -0.25) is 4.79 Å². The topological polar surface area (TPSA) is 307 Å². The Morgan fingerprint density at radius 2 is 0.673 bits per heavy atom. The van der Waals surface area contributed by atoms with Crippen LogP contribution in [0.1, 0.15) is 264 Å². The first-order valence-electron chi connectivity index (χ1n) is 40.4. The number of ether oxygens (including phenoxy) is 6. The molecule has 3 rings (SSSR count). The van der Waals surface area contributed by atoms with E-state index < -0.39 is 124 Å². The molecule has 0 radical (unpaired) electrons. The molecule has 19 nitrogen and oxygen atoms in total. The summed E-state index contributed by atoms with van der Waals surface area (Å²) in [6.45, 7) is 1.59. The Morgan fingerprint density at radius 1 is 0.356 bits per heavy atom. The maximum atomic E-state index is 13.5. The molecule has 0 saturated carbocycles. The van der Waals surface area contributed by atoms with Gasteiger partial charge in [-0.1, -0.05) is 282 Å². The van der Waals surface area contributed by atoms with Crippen LogP contribution in [0.15, 0.2) is 134 Å². The van der Waals surface area contributed by atoms with Gasteiger partial charge < -0.3 is 89.9 Å². The number of aliphatic hydroxyl groups is 11. The van der Waals surface area contributed by atoms with Gasteiger partial charge in [-0.05, 0) is 109 Å². The number of carbonyl (C=O) groups is 1. The molecule has 0 aromatic heterocycles. The van der Waals surface area contributed by atoms with Crippen molar-refractivity contribution in [3.63, 3.8) is 0 Å². The van der Waals surface area contributed by atoms with Crippen LogP contribution in [0.4, 0.5) is 0 Å². The van der Waals surface area contributed by atoms with E-state index in [0.29, 0.717) is 12.8 Å². The lowest BCUT2D eigenvalue weighted by atomic mass is 9.96. The fourth-order valence-electron chi connectivity index (χ4n) is 12.7. The molecule has 3 heterocycles. The second kappa shape index (κ2) is 63.8. The van der Waals surface area contributed by atoms with Gasteiger partial charge in [0.15, 0.2) is 18.9 Å². The lowest BCUT2D eigenvalue weighted by molar-refractivity contribution is -0.379. The summed E-state index contributed by atoms with van der Waals surface area (Å²) >= 11 is 0. The molecule has 3 aliphatic rings. The van der Waals surface area contributed by atoms with Gasteiger partial charge in [0.1, 0.15) is 73.2 Å². The molecule has 3 aliphatic heterocycles. The quantitative estimate of drug-likeness (QED) is 0.0199. The number of rotatable bonds is 62. The first-order chi connectivity index (χ1) is 50.8. The highest BCUT2D eigenvalue weighted by Crippen LogP contribution is 2.33. The van der Waals surface area contributed by atoms with Crippen LogP contribution in [-0.4, -0.2) is 193 Å². The van der Waals surface area contributed by atoms with E-state index >= 15 is 0 Å². The molecular formula is C85H143NO18. The molecular weight excluding hydrogens is 1320 g/mol. The van der Waals surface area contributed by atoms with Gasteiger partial charge in [0.05, 0.1) is 38.6 Å². The van der Waals surface area contributed by atoms with Gasteiger partial charge in [0.2, 0.25) is 5.91 Å². The molecule has 0 aromatic carbocycles. The Balaban J connectivity index is 1.41. The van der Waals surface area contributed by atoms with E-state index in [9.17, 15) is 61.0 Å². The first kappa shape index (κ1) is 94.1. The highest BCUT2D eigenvalue weighted by atomic mass is 16.8. The molecule has 0 aromatic rings. The van der Waals surface area contributed by atoms with Crippen molar-refractivity contribution >= 4 is 5.91 Å². The monoisotopic (exact) mass is 1470 g/mol. The lowest BCUT2D eigenvalue weighted by Crippen LogP contribution is -2.66.